The number of unbranched alkanes of at least 4 members (excludes halogenated alkanes) is 5. The van der Waals surface area contributed by atoms with Gasteiger partial charge in [-0.05, 0) is 0 Å². The first kappa shape index (κ1) is 18.1. The molecule has 0 atom stereocenters. The molecule has 0 aliphatic heterocycles. The predicted octanol–water partition coefficient (Wildman–Crippen LogP) is -1.04. The van der Waals surface area contributed by atoms with E-state index in [1.807, 2.05) is 0 Å². The Balaban J connectivity index is 0. The Morgan fingerprint density at radius 3 is 1.47 bits per heavy atom. The minimum absolute atomic E-state index is 0.569. The summed E-state index contributed by atoms with van der Waals surface area (Å²) in [4.78, 5) is 0. The van der Waals surface area contributed by atoms with Crippen LogP contribution >= 0.6 is 0 Å². The van der Waals surface area contributed by atoms with Gasteiger partial charge in [-0.25, -0.2) is 0 Å². The first-order valence-corrected chi connectivity index (χ1v) is 9.83. The summed E-state index contributed by atoms with van der Waals surface area (Å²) in [6.45, 7) is 4.51. The van der Waals surface area contributed by atoms with E-state index >= 15 is 0 Å². The van der Waals surface area contributed by atoms with E-state index in [1.54, 1.807) is 0 Å². The molecular weight excluding hydrogens is 256 g/mol. The van der Waals surface area contributed by atoms with Crippen LogP contribution in [0.1, 0.15) is 52.4 Å². The second-order valence-corrected chi connectivity index (χ2v) is 10.2. The zero-order valence-corrected chi connectivity index (χ0v) is 17.7. The average Bonchev–Trinajstić information content (AvgIpc) is 2.26. The molecule has 94 valence electrons. The van der Waals surface area contributed by atoms with Gasteiger partial charge in [-0.15, -0.1) is 0 Å². The van der Waals surface area contributed by atoms with Crippen LogP contribution in [0.15, 0.2) is 0 Å². The summed E-state index contributed by atoms with van der Waals surface area (Å²) in [6.07, 6.45) is 8.49. The van der Waals surface area contributed by atoms with Crippen molar-refractivity contribution in [3.63, 3.8) is 0 Å². The van der Waals surface area contributed by atoms with E-state index in [9.17, 15) is 0 Å². The molecule has 15 heavy (non-hydrogen) atoms. The fourth-order valence-corrected chi connectivity index (χ4v) is 5.66. The van der Waals surface area contributed by atoms with Crippen molar-refractivity contribution in [3.05, 3.63) is 0 Å². The number of hydrogen-bond acceptors (Lipinski definition) is 3. The van der Waals surface area contributed by atoms with Crippen molar-refractivity contribution in [2.45, 2.75) is 52.4 Å². The van der Waals surface area contributed by atoms with E-state index in [0.717, 1.165) is 21.0 Å². The monoisotopic (exact) mass is 284 g/mol. The van der Waals surface area contributed by atoms with Gasteiger partial charge in [0.15, 0.2) is 0 Å². The van der Waals surface area contributed by atoms with Gasteiger partial charge in [-0.3, -0.25) is 0 Å². The summed E-state index contributed by atoms with van der Waals surface area (Å²) in [5, 5.41) is 0. The molecular formula is C8H28O3Si4. The Bertz CT molecular complexity index is 88.0. The maximum absolute atomic E-state index is 5.03. The molecule has 0 saturated carbocycles. The Kier molecular flexibility index (Phi) is 24.4. The van der Waals surface area contributed by atoms with Crippen molar-refractivity contribution < 1.29 is 12.3 Å². The van der Waals surface area contributed by atoms with Crippen LogP contribution in [0.4, 0.5) is 0 Å². The highest BCUT2D eigenvalue weighted by Gasteiger charge is 1.83. The summed E-state index contributed by atoms with van der Waals surface area (Å²) in [5.41, 5.74) is 0. The summed E-state index contributed by atoms with van der Waals surface area (Å²) in [7, 11) is 0.504. The van der Waals surface area contributed by atoms with Crippen molar-refractivity contribution in [1.82, 2.24) is 0 Å². The second-order valence-electron chi connectivity index (χ2n) is 3.43. The number of rotatable bonds is 9. The summed E-state index contributed by atoms with van der Waals surface area (Å²) in [6, 6.07) is 0. The molecule has 3 nitrogen and oxygen atoms in total. The molecule has 0 rings (SSSR count). The highest BCUT2D eigenvalue weighted by Crippen LogP contribution is 2.03. The van der Waals surface area contributed by atoms with Gasteiger partial charge < -0.3 is 12.3 Å². The van der Waals surface area contributed by atoms with Crippen molar-refractivity contribution in [2.75, 3.05) is 0 Å². The van der Waals surface area contributed by atoms with E-state index in [-0.39, 0.29) is 0 Å². The van der Waals surface area contributed by atoms with Crippen LogP contribution in [0, 0.1) is 0 Å². The van der Waals surface area contributed by atoms with Gasteiger partial charge in [0, 0.05) is 0 Å². The SMILES string of the molecule is CCCCCCCC.[SiH3]O[SiH2]O[SiH2]O[SiH3]. The van der Waals surface area contributed by atoms with E-state index in [4.69, 9.17) is 12.3 Å². The van der Waals surface area contributed by atoms with Crippen molar-refractivity contribution in [3.8, 4) is 0 Å². The van der Waals surface area contributed by atoms with Crippen LogP contribution in [-0.2, 0) is 12.3 Å². The molecule has 0 saturated heterocycles. The Hall–Kier alpha value is 0.748. The van der Waals surface area contributed by atoms with Gasteiger partial charge in [0.2, 0.25) is 0 Å². The van der Waals surface area contributed by atoms with Gasteiger partial charge in [-0.2, -0.15) is 0 Å². The molecule has 0 radical (unpaired) electrons. The lowest BCUT2D eigenvalue weighted by molar-refractivity contribution is 0.443. The Morgan fingerprint density at radius 2 is 1.20 bits per heavy atom. The molecule has 0 bridgehead atoms. The van der Waals surface area contributed by atoms with E-state index in [1.165, 1.54) is 38.5 Å². The van der Waals surface area contributed by atoms with Gasteiger partial charge in [0.1, 0.15) is 21.0 Å². The van der Waals surface area contributed by atoms with Crippen molar-refractivity contribution >= 4 is 41.0 Å². The minimum Gasteiger partial charge on any atom is -0.449 e. The quantitative estimate of drug-likeness (QED) is 0.400. The van der Waals surface area contributed by atoms with E-state index in [0.29, 0.717) is 0 Å². The molecule has 0 aromatic carbocycles. The van der Waals surface area contributed by atoms with Crippen molar-refractivity contribution in [1.29, 1.82) is 0 Å². The largest absolute Gasteiger partial charge is 0.449 e. The third kappa shape index (κ3) is 25.2. The van der Waals surface area contributed by atoms with Gasteiger partial charge in [0.05, 0.1) is 0 Å². The lowest BCUT2D eigenvalue weighted by Gasteiger charge is -1.97. The van der Waals surface area contributed by atoms with Crippen LogP contribution < -0.4 is 0 Å². The molecule has 0 spiro atoms. The Morgan fingerprint density at radius 1 is 0.800 bits per heavy atom. The topological polar surface area (TPSA) is 27.7 Å². The van der Waals surface area contributed by atoms with Crippen LogP contribution in [0.5, 0.6) is 0 Å². The molecule has 0 aliphatic carbocycles. The highest BCUT2D eigenvalue weighted by atomic mass is 28.4. The standard InChI is InChI=1S/C8H18.H10O3Si4/c1-3-5-7-8-6-4-2;4-1-6-3-7-2-5/h3-8H2,1-2H3;6-7H2,4-5H3. The fraction of sp³-hybridized carbons (Fsp3) is 1.00. The van der Waals surface area contributed by atoms with Crippen LogP contribution in [0.3, 0.4) is 0 Å². The normalized spacial score (nSPS) is 11.6. The summed E-state index contributed by atoms with van der Waals surface area (Å²) < 4.78 is 14.8. The van der Waals surface area contributed by atoms with E-state index < -0.39 is 20.0 Å². The maximum Gasteiger partial charge on any atom is 0.284 e. The lowest BCUT2D eigenvalue weighted by atomic mass is 10.1. The van der Waals surface area contributed by atoms with E-state index in [2.05, 4.69) is 13.8 Å². The fourth-order valence-electron chi connectivity index (χ4n) is 1.05. The third-order valence-corrected chi connectivity index (χ3v) is 5.08. The molecule has 0 amide bonds. The predicted molar refractivity (Wildman–Crippen MR) is 79.3 cm³/mol. The maximum atomic E-state index is 5.03. The third-order valence-electron chi connectivity index (χ3n) is 1.86. The van der Waals surface area contributed by atoms with Gasteiger partial charge >= 0.3 is 0 Å². The smallest absolute Gasteiger partial charge is 0.284 e. The zero-order valence-electron chi connectivity index (χ0n) is 10.9. The number of hydrogen-bond donors (Lipinski definition) is 0. The molecule has 0 heterocycles. The summed E-state index contributed by atoms with van der Waals surface area (Å²) in [5.74, 6) is 0. The average molecular weight is 285 g/mol. The highest BCUT2D eigenvalue weighted by molar-refractivity contribution is 6.40. The first-order valence-electron chi connectivity index (χ1n) is 5.89. The molecule has 0 aromatic heterocycles. The molecule has 0 aromatic rings. The van der Waals surface area contributed by atoms with Gasteiger partial charge in [0.25, 0.3) is 20.0 Å². The molecule has 0 unspecified atom stereocenters. The van der Waals surface area contributed by atoms with Crippen molar-refractivity contribution in [2.24, 2.45) is 0 Å². The second kappa shape index (κ2) is 20.2. The zero-order chi connectivity index (χ0) is 11.8. The first-order chi connectivity index (χ1) is 7.33. The van der Waals surface area contributed by atoms with Crippen LogP contribution in [-0.4, -0.2) is 41.0 Å². The lowest BCUT2D eigenvalue weighted by Crippen LogP contribution is -2.08. The Labute approximate surface area is 106 Å². The van der Waals surface area contributed by atoms with Crippen LogP contribution in [0.2, 0.25) is 0 Å². The van der Waals surface area contributed by atoms with Gasteiger partial charge in [-0.1, -0.05) is 52.4 Å². The molecule has 0 N–H and O–H groups in total. The molecule has 0 fully saturated rings. The van der Waals surface area contributed by atoms with Crippen LogP contribution in [0.25, 0.3) is 0 Å². The summed E-state index contributed by atoms with van der Waals surface area (Å²) >= 11 is 0. The molecule has 7 heteroatoms. The minimum atomic E-state index is -0.569. The molecule has 0 aliphatic rings.